The van der Waals surface area contributed by atoms with E-state index in [4.69, 9.17) is 12.2 Å². The summed E-state index contributed by atoms with van der Waals surface area (Å²) in [6.45, 7) is 9.89. The van der Waals surface area contributed by atoms with Crippen LogP contribution in [0, 0.1) is 18.5 Å². The molecule has 1 aromatic heterocycles. The second-order valence-corrected chi connectivity index (χ2v) is 5.42. The number of H-pyrrole nitrogens is 1. The third-order valence-corrected chi connectivity index (χ3v) is 4.41. The largest absolute Gasteiger partial charge is 0.346 e. The van der Waals surface area contributed by atoms with Gasteiger partial charge in [0, 0.05) is 44.0 Å². The van der Waals surface area contributed by atoms with Crippen molar-refractivity contribution in [1.29, 1.82) is 0 Å². The van der Waals surface area contributed by atoms with Crippen LogP contribution in [-0.4, -0.2) is 52.5 Å². The van der Waals surface area contributed by atoms with E-state index in [0.29, 0.717) is 6.04 Å². The van der Waals surface area contributed by atoms with Crippen LogP contribution < -0.4 is 0 Å². The van der Waals surface area contributed by atoms with Crippen molar-refractivity contribution in [3.05, 3.63) is 21.7 Å². The molecule has 2 bridgehead atoms. The molecule has 3 aliphatic heterocycles. The molecule has 1 atom stereocenters. The summed E-state index contributed by atoms with van der Waals surface area (Å²) in [5.41, 5.74) is 2.25. The molecule has 0 aromatic carbocycles. The van der Waals surface area contributed by atoms with Crippen molar-refractivity contribution in [3.8, 4) is 0 Å². The second kappa shape index (κ2) is 4.15. The molecule has 0 amide bonds. The number of nitrogens with zero attached hydrogens (tertiary/aromatic N) is 3. The Morgan fingerprint density at radius 1 is 1.24 bits per heavy atom. The van der Waals surface area contributed by atoms with Gasteiger partial charge in [-0.05, 0) is 13.8 Å². The Morgan fingerprint density at radius 2 is 1.94 bits per heavy atom. The maximum Gasteiger partial charge on any atom is 0.132 e. The summed E-state index contributed by atoms with van der Waals surface area (Å²) in [6.07, 6.45) is 0. The summed E-state index contributed by atoms with van der Waals surface area (Å²) in [7, 11) is 0. The Kier molecular flexibility index (Phi) is 2.77. The SMILES string of the molecule is Cc1[nH]c(C2CN3CCN2CC3)nc(=S)c1C. The number of hydrogen-bond donors (Lipinski definition) is 1. The molecule has 5 heteroatoms. The topological polar surface area (TPSA) is 35.2 Å². The minimum atomic E-state index is 0.401. The average Bonchev–Trinajstić information content (AvgIpc) is 2.36. The molecule has 0 saturated carbocycles. The van der Waals surface area contributed by atoms with Crippen LogP contribution in [0.15, 0.2) is 0 Å². The number of piperazine rings is 3. The highest BCUT2D eigenvalue weighted by atomic mass is 32.1. The standard InChI is InChI=1S/C12H18N4S/c1-8-9(2)13-11(14-12(8)17)10-7-15-3-5-16(10)6-4-15/h10H,3-7H2,1-2H3,(H,13,14,17). The quantitative estimate of drug-likeness (QED) is 0.765. The maximum atomic E-state index is 5.32. The van der Waals surface area contributed by atoms with Gasteiger partial charge in [-0.25, -0.2) is 4.98 Å². The lowest BCUT2D eigenvalue weighted by Crippen LogP contribution is -2.57. The van der Waals surface area contributed by atoms with Crippen molar-refractivity contribution < 1.29 is 0 Å². The smallest absolute Gasteiger partial charge is 0.132 e. The normalized spacial score (nSPS) is 31.8. The van der Waals surface area contributed by atoms with Crippen LogP contribution in [0.1, 0.15) is 23.1 Å². The van der Waals surface area contributed by atoms with E-state index in [1.54, 1.807) is 0 Å². The molecule has 1 N–H and O–H groups in total. The van der Waals surface area contributed by atoms with Gasteiger partial charge in [0.05, 0.1) is 6.04 Å². The zero-order valence-corrected chi connectivity index (χ0v) is 11.2. The summed E-state index contributed by atoms with van der Waals surface area (Å²) in [4.78, 5) is 13.0. The molecule has 3 saturated heterocycles. The lowest BCUT2D eigenvalue weighted by molar-refractivity contribution is 0.00852. The number of aromatic amines is 1. The first-order valence-electron chi connectivity index (χ1n) is 6.19. The molecule has 0 aliphatic carbocycles. The predicted octanol–water partition coefficient (Wildman–Crippen LogP) is 1.43. The van der Waals surface area contributed by atoms with Crippen molar-refractivity contribution >= 4 is 12.2 Å². The van der Waals surface area contributed by atoms with Gasteiger partial charge in [-0.15, -0.1) is 0 Å². The van der Waals surface area contributed by atoms with Crippen molar-refractivity contribution in [3.63, 3.8) is 0 Å². The van der Waals surface area contributed by atoms with Crippen molar-refractivity contribution in [2.45, 2.75) is 19.9 Å². The van der Waals surface area contributed by atoms with Crippen molar-refractivity contribution in [2.24, 2.45) is 0 Å². The molecule has 3 fully saturated rings. The minimum Gasteiger partial charge on any atom is -0.346 e. The van der Waals surface area contributed by atoms with Gasteiger partial charge in [0.25, 0.3) is 0 Å². The fraction of sp³-hybridized carbons (Fsp3) is 0.667. The molecule has 1 aromatic rings. The first kappa shape index (κ1) is 11.3. The van der Waals surface area contributed by atoms with Gasteiger partial charge in [-0.2, -0.15) is 0 Å². The van der Waals surface area contributed by atoms with Gasteiger partial charge < -0.3 is 4.98 Å². The van der Waals surface area contributed by atoms with Gasteiger partial charge in [-0.3, -0.25) is 9.80 Å². The first-order chi connectivity index (χ1) is 8.15. The molecular weight excluding hydrogens is 232 g/mol. The minimum absolute atomic E-state index is 0.401. The zero-order chi connectivity index (χ0) is 12.0. The van der Waals surface area contributed by atoms with E-state index in [0.717, 1.165) is 41.4 Å². The van der Waals surface area contributed by atoms with Crippen LogP contribution in [0.4, 0.5) is 0 Å². The van der Waals surface area contributed by atoms with E-state index < -0.39 is 0 Å². The molecule has 4 rings (SSSR count). The van der Waals surface area contributed by atoms with Crippen LogP contribution in [0.3, 0.4) is 0 Å². The van der Waals surface area contributed by atoms with Crippen LogP contribution in [0.2, 0.25) is 0 Å². The lowest BCUT2D eigenvalue weighted by Gasteiger charge is -2.46. The number of hydrogen-bond acceptors (Lipinski definition) is 4. The Labute approximate surface area is 107 Å². The van der Waals surface area contributed by atoms with Crippen molar-refractivity contribution in [1.82, 2.24) is 19.8 Å². The molecule has 4 nitrogen and oxygen atoms in total. The van der Waals surface area contributed by atoms with Gasteiger partial charge in [0.2, 0.25) is 0 Å². The van der Waals surface area contributed by atoms with E-state index in [9.17, 15) is 0 Å². The van der Waals surface area contributed by atoms with Gasteiger partial charge in [0.15, 0.2) is 0 Å². The molecule has 0 radical (unpaired) electrons. The first-order valence-corrected chi connectivity index (χ1v) is 6.60. The Balaban J connectivity index is 1.97. The fourth-order valence-corrected chi connectivity index (χ4v) is 2.95. The van der Waals surface area contributed by atoms with Gasteiger partial charge in [0.1, 0.15) is 10.5 Å². The van der Waals surface area contributed by atoms with E-state index >= 15 is 0 Å². The number of nitrogens with one attached hydrogen (secondary N) is 1. The van der Waals surface area contributed by atoms with E-state index in [-0.39, 0.29) is 0 Å². The van der Waals surface area contributed by atoms with Crippen LogP contribution >= 0.6 is 12.2 Å². The average molecular weight is 250 g/mol. The molecule has 3 aliphatic rings. The monoisotopic (exact) mass is 250 g/mol. The highest BCUT2D eigenvalue weighted by Gasteiger charge is 2.34. The number of fused-ring (bicyclic) bond motifs is 3. The molecular formula is C12H18N4S. The maximum absolute atomic E-state index is 5.32. The lowest BCUT2D eigenvalue weighted by atomic mass is 10.1. The van der Waals surface area contributed by atoms with E-state index in [2.05, 4.69) is 26.7 Å². The molecule has 4 heterocycles. The Morgan fingerprint density at radius 3 is 2.47 bits per heavy atom. The summed E-state index contributed by atoms with van der Waals surface area (Å²) in [5.74, 6) is 1.04. The predicted molar refractivity (Wildman–Crippen MR) is 69.6 cm³/mol. The number of aryl methyl sites for hydroxylation is 1. The third kappa shape index (κ3) is 1.92. The molecule has 92 valence electrons. The Hall–Kier alpha value is -0.780. The van der Waals surface area contributed by atoms with Crippen LogP contribution in [0.5, 0.6) is 0 Å². The molecule has 0 spiro atoms. The van der Waals surface area contributed by atoms with Crippen LogP contribution in [-0.2, 0) is 0 Å². The van der Waals surface area contributed by atoms with Gasteiger partial charge in [-0.1, -0.05) is 12.2 Å². The second-order valence-electron chi connectivity index (χ2n) is 5.03. The van der Waals surface area contributed by atoms with E-state index in [1.807, 2.05) is 6.92 Å². The van der Waals surface area contributed by atoms with Gasteiger partial charge >= 0.3 is 0 Å². The number of aromatic nitrogens is 2. The fourth-order valence-electron chi connectivity index (χ4n) is 2.70. The highest BCUT2D eigenvalue weighted by Crippen LogP contribution is 2.26. The Bertz CT molecular complexity index is 488. The highest BCUT2D eigenvalue weighted by molar-refractivity contribution is 7.71. The van der Waals surface area contributed by atoms with E-state index in [1.165, 1.54) is 13.1 Å². The van der Waals surface area contributed by atoms with Crippen LogP contribution in [0.25, 0.3) is 0 Å². The molecule has 1 unspecified atom stereocenters. The third-order valence-electron chi connectivity index (χ3n) is 4.02. The molecule has 17 heavy (non-hydrogen) atoms. The number of rotatable bonds is 1. The zero-order valence-electron chi connectivity index (χ0n) is 10.4. The summed E-state index contributed by atoms with van der Waals surface area (Å²) in [6, 6.07) is 0.401. The summed E-state index contributed by atoms with van der Waals surface area (Å²) in [5, 5.41) is 0. The summed E-state index contributed by atoms with van der Waals surface area (Å²) >= 11 is 5.32. The summed E-state index contributed by atoms with van der Waals surface area (Å²) < 4.78 is 0.744. The van der Waals surface area contributed by atoms with Crippen molar-refractivity contribution in [2.75, 3.05) is 32.7 Å².